The normalized spacial score (nSPS) is 10.2. The zero-order valence-electron chi connectivity index (χ0n) is 19.7. The van der Waals surface area contributed by atoms with E-state index in [0.29, 0.717) is 47.2 Å². The van der Waals surface area contributed by atoms with E-state index >= 15 is 0 Å². The molecule has 0 aliphatic rings. The average molecular weight is 477 g/mol. The monoisotopic (exact) mass is 476 g/mol. The van der Waals surface area contributed by atoms with Crippen molar-refractivity contribution in [1.82, 2.24) is 0 Å². The number of hydrogen-bond acceptors (Lipinski definition) is 6. The summed E-state index contributed by atoms with van der Waals surface area (Å²) in [6.45, 7) is 1.64. The van der Waals surface area contributed by atoms with Crippen LogP contribution in [0.1, 0.15) is 30.1 Å². The Balaban J connectivity index is 1.41. The van der Waals surface area contributed by atoms with Crippen LogP contribution in [0.3, 0.4) is 0 Å². The van der Waals surface area contributed by atoms with Gasteiger partial charge in [-0.25, -0.2) is 0 Å². The van der Waals surface area contributed by atoms with Gasteiger partial charge in [0.05, 0.1) is 13.7 Å². The molecule has 0 unspecified atom stereocenters. The molecule has 2 amide bonds. The largest absolute Gasteiger partial charge is 0.493 e. The number of ether oxygens (including phenoxy) is 3. The van der Waals surface area contributed by atoms with E-state index in [4.69, 9.17) is 14.2 Å². The molecule has 0 aliphatic carbocycles. The summed E-state index contributed by atoms with van der Waals surface area (Å²) in [7, 11) is 1.51. The van der Waals surface area contributed by atoms with E-state index < -0.39 is 0 Å². The third-order valence-electron chi connectivity index (χ3n) is 4.92. The summed E-state index contributed by atoms with van der Waals surface area (Å²) in [5.74, 6) is 0.937. The van der Waals surface area contributed by atoms with Crippen molar-refractivity contribution in [2.24, 2.45) is 0 Å². The molecule has 0 spiro atoms. The number of amides is 2. The van der Waals surface area contributed by atoms with Gasteiger partial charge in [0.2, 0.25) is 5.91 Å². The lowest BCUT2D eigenvalue weighted by Gasteiger charge is -2.12. The Bertz CT molecular complexity index is 1160. The van der Waals surface area contributed by atoms with Gasteiger partial charge in [-0.2, -0.15) is 0 Å². The number of Topliss-reactive ketones (excluding diaryl/α,β-unsaturated/α-hetero) is 1. The molecule has 0 heterocycles. The fourth-order valence-electron chi connectivity index (χ4n) is 3.18. The highest BCUT2D eigenvalue weighted by Crippen LogP contribution is 2.28. The van der Waals surface area contributed by atoms with Crippen LogP contribution in [0.25, 0.3) is 0 Å². The second kappa shape index (κ2) is 12.8. The Kier molecular flexibility index (Phi) is 9.24. The van der Waals surface area contributed by atoms with Crippen LogP contribution in [0.15, 0.2) is 72.8 Å². The quantitative estimate of drug-likeness (QED) is 0.290. The Morgan fingerprint density at radius 1 is 0.771 bits per heavy atom. The van der Waals surface area contributed by atoms with E-state index in [-0.39, 0.29) is 30.6 Å². The van der Waals surface area contributed by atoms with Crippen LogP contribution in [0.4, 0.5) is 11.4 Å². The molecular weight excluding hydrogens is 448 g/mol. The Labute approximate surface area is 204 Å². The Morgan fingerprint density at radius 3 is 2.26 bits per heavy atom. The minimum Gasteiger partial charge on any atom is -0.493 e. The van der Waals surface area contributed by atoms with E-state index in [2.05, 4.69) is 10.6 Å². The molecule has 8 heteroatoms. The van der Waals surface area contributed by atoms with Crippen LogP contribution in [-0.2, 0) is 9.59 Å². The maximum absolute atomic E-state index is 12.3. The molecule has 0 saturated heterocycles. The van der Waals surface area contributed by atoms with Crippen molar-refractivity contribution in [3.8, 4) is 17.2 Å². The lowest BCUT2D eigenvalue weighted by atomic mass is 10.1. The first-order valence-corrected chi connectivity index (χ1v) is 11.1. The van der Waals surface area contributed by atoms with Crippen molar-refractivity contribution in [3.63, 3.8) is 0 Å². The summed E-state index contributed by atoms with van der Waals surface area (Å²) in [6, 6.07) is 20.9. The minimum atomic E-state index is -0.279. The lowest BCUT2D eigenvalue weighted by Crippen LogP contribution is -2.20. The average Bonchev–Trinajstić information content (AvgIpc) is 2.86. The molecule has 0 bridgehead atoms. The van der Waals surface area contributed by atoms with Crippen molar-refractivity contribution < 1.29 is 28.6 Å². The number of carbonyl (C=O) groups is 3. The third kappa shape index (κ3) is 8.19. The summed E-state index contributed by atoms with van der Waals surface area (Å²) in [4.78, 5) is 35.9. The summed E-state index contributed by atoms with van der Waals surface area (Å²) in [5.41, 5.74) is 1.80. The molecule has 0 fully saturated rings. The SMILES string of the molecule is COc1cc(C(C)=O)ccc1OCCCC(=O)Nc1cccc(OCC(=O)Nc2ccccc2)c1. The number of anilines is 2. The molecule has 0 atom stereocenters. The Hall–Kier alpha value is -4.33. The molecule has 0 saturated carbocycles. The van der Waals surface area contributed by atoms with Crippen LogP contribution in [0, 0.1) is 0 Å². The Morgan fingerprint density at radius 2 is 1.51 bits per heavy atom. The fourth-order valence-corrected chi connectivity index (χ4v) is 3.18. The summed E-state index contributed by atoms with van der Waals surface area (Å²) >= 11 is 0. The molecule has 35 heavy (non-hydrogen) atoms. The number of nitrogens with one attached hydrogen (secondary N) is 2. The standard InChI is InChI=1S/C27H28N2O6/c1-19(30)20-13-14-24(25(16-20)33-2)34-15-7-12-26(31)29-22-10-6-11-23(17-22)35-18-27(32)28-21-8-4-3-5-9-21/h3-6,8-11,13-14,16-17H,7,12,15,18H2,1-2H3,(H,28,32)(H,29,31). The van der Waals surface area contributed by atoms with Gasteiger partial charge in [0, 0.05) is 29.4 Å². The fraction of sp³-hybridized carbons (Fsp3) is 0.222. The zero-order chi connectivity index (χ0) is 25.0. The van der Waals surface area contributed by atoms with Crippen molar-refractivity contribution in [1.29, 1.82) is 0 Å². The van der Waals surface area contributed by atoms with Crippen LogP contribution >= 0.6 is 0 Å². The predicted octanol–water partition coefficient (Wildman–Crippen LogP) is 4.71. The molecule has 8 nitrogen and oxygen atoms in total. The highest BCUT2D eigenvalue weighted by molar-refractivity contribution is 5.94. The van der Waals surface area contributed by atoms with Crippen molar-refractivity contribution in [2.45, 2.75) is 19.8 Å². The maximum Gasteiger partial charge on any atom is 0.262 e. The number of hydrogen-bond donors (Lipinski definition) is 2. The number of methoxy groups -OCH3 is 1. The predicted molar refractivity (Wildman–Crippen MR) is 133 cm³/mol. The molecule has 3 aromatic carbocycles. The van der Waals surface area contributed by atoms with Gasteiger partial charge < -0.3 is 24.8 Å². The molecule has 0 radical (unpaired) electrons. The number of para-hydroxylation sites is 1. The topological polar surface area (TPSA) is 103 Å². The van der Waals surface area contributed by atoms with E-state index in [1.165, 1.54) is 14.0 Å². The highest BCUT2D eigenvalue weighted by Gasteiger charge is 2.10. The van der Waals surface area contributed by atoms with Crippen molar-refractivity contribution in [3.05, 3.63) is 78.4 Å². The summed E-state index contributed by atoms with van der Waals surface area (Å²) in [5, 5.41) is 5.56. The first-order valence-electron chi connectivity index (χ1n) is 11.1. The molecule has 3 aromatic rings. The molecule has 0 aromatic heterocycles. The highest BCUT2D eigenvalue weighted by atomic mass is 16.5. The van der Waals surface area contributed by atoms with Gasteiger partial charge in [-0.15, -0.1) is 0 Å². The smallest absolute Gasteiger partial charge is 0.262 e. The van der Waals surface area contributed by atoms with Crippen LogP contribution in [-0.4, -0.2) is 37.9 Å². The lowest BCUT2D eigenvalue weighted by molar-refractivity contribution is -0.118. The molecule has 2 N–H and O–H groups in total. The second-order valence-electron chi connectivity index (χ2n) is 7.65. The first kappa shape index (κ1) is 25.3. The molecular formula is C27H28N2O6. The van der Waals surface area contributed by atoms with E-state index in [1.54, 1.807) is 54.6 Å². The van der Waals surface area contributed by atoms with E-state index in [0.717, 1.165) is 0 Å². The van der Waals surface area contributed by atoms with Gasteiger partial charge in [0.1, 0.15) is 5.75 Å². The summed E-state index contributed by atoms with van der Waals surface area (Å²) < 4.78 is 16.5. The molecule has 3 rings (SSSR count). The number of ketones is 1. The summed E-state index contributed by atoms with van der Waals surface area (Å²) in [6.07, 6.45) is 0.734. The molecule has 0 aliphatic heterocycles. The second-order valence-corrected chi connectivity index (χ2v) is 7.65. The van der Waals surface area contributed by atoms with Gasteiger partial charge in [-0.05, 0) is 55.8 Å². The van der Waals surface area contributed by atoms with E-state index in [1.807, 2.05) is 18.2 Å². The number of carbonyl (C=O) groups excluding carboxylic acids is 3. The van der Waals surface area contributed by atoms with Crippen molar-refractivity contribution in [2.75, 3.05) is 31.0 Å². The van der Waals surface area contributed by atoms with Gasteiger partial charge >= 0.3 is 0 Å². The van der Waals surface area contributed by atoms with Gasteiger partial charge in [0.15, 0.2) is 23.9 Å². The van der Waals surface area contributed by atoms with Gasteiger partial charge in [-0.1, -0.05) is 24.3 Å². The van der Waals surface area contributed by atoms with Crippen molar-refractivity contribution >= 4 is 29.0 Å². The number of benzene rings is 3. The first-order chi connectivity index (χ1) is 16.9. The van der Waals surface area contributed by atoms with E-state index in [9.17, 15) is 14.4 Å². The maximum atomic E-state index is 12.3. The molecule has 182 valence electrons. The number of rotatable bonds is 12. The van der Waals surface area contributed by atoms with Crippen LogP contribution < -0.4 is 24.8 Å². The van der Waals surface area contributed by atoms with Crippen LogP contribution in [0.2, 0.25) is 0 Å². The van der Waals surface area contributed by atoms with Gasteiger partial charge in [0.25, 0.3) is 5.91 Å². The minimum absolute atomic E-state index is 0.0589. The van der Waals surface area contributed by atoms with Gasteiger partial charge in [-0.3, -0.25) is 14.4 Å². The van der Waals surface area contributed by atoms with Crippen LogP contribution in [0.5, 0.6) is 17.2 Å². The zero-order valence-corrected chi connectivity index (χ0v) is 19.7. The third-order valence-corrected chi connectivity index (χ3v) is 4.92.